The lowest BCUT2D eigenvalue weighted by atomic mass is 10.0. The van der Waals surface area contributed by atoms with Gasteiger partial charge in [0.1, 0.15) is 11.3 Å². The summed E-state index contributed by atoms with van der Waals surface area (Å²) in [6.45, 7) is 4.11. The molecule has 0 aromatic carbocycles. The summed E-state index contributed by atoms with van der Waals surface area (Å²) in [6.07, 6.45) is 4.46. The van der Waals surface area contributed by atoms with Crippen LogP contribution in [0.15, 0.2) is 12.3 Å². The average Bonchev–Trinajstić information content (AvgIpc) is 2.79. The minimum absolute atomic E-state index is 0.693. The molecule has 2 aromatic rings. The molecule has 1 saturated heterocycles. The fourth-order valence-corrected chi connectivity index (χ4v) is 3.10. The minimum Gasteiger partial charge on any atom is -0.355 e. The Balaban J connectivity index is 1.93. The van der Waals surface area contributed by atoms with Gasteiger partial charge in [-0.15, -0.1) is 0 Å². The van der Waals surface area contributed by atoms with Crippen molar-refractivity contribution in [2.24, 2.45) is 7.05 Å². The van der Waals surface area contributed by atoms with Gasteiger partial charge in [-0.3, -0.25) is 0 Å². The summed E-state index contributed by atoms with van der Waals surface area (Å²) in [7, 11) is 6.41. The normalized spacial score (nSPS) is 17.4. The molecule has 0 amide bonds. The number of aromatic nitrogens is 3. The highest BCUT2D eigenvalue weighted by molar-refractivity contribution is 5.87. The topological polar surface area (TPSA) is 37.2 Å². The molecule has 1 aliphatic heterocycles. The average molecular weight is 273 g/mol. The SMILES string of the molecule is Cc1nc(N2CCC(N(C)C)CC2)c2c(ccn2C)n1. The summed E-state index contributed by atoms with van der Waals surface area (Å²) in [6, 6.07) is 2.76. The summed E-state index contributed by atoms with van der Waals surface area (Å²) in [5, 5.41) is 0. The molecule has 0 atom stereocenters. The third kappa shape index (κ3) is 2.26. The molecule has 2 aromatic heterocycles. The first-order valence-corrected chi connectivity index (χ1v) is 7.27. The Morgan fingerprint density at radius 3 is 2.55 bits per heavy atom. The quantitative estimate of drug-likeness (QED) is 0.836. The first kappa shape index (κ1) is 13.4. The summed E-state index contributed by atoms with van der Waals surface area (Å²) in [5.74, 6) is 1.95. The molecular weight excluding hydrogens is 250 g/mol. The van der Waals surface area contributed by atoms with Gasteiger partial charge >= 0.3 is 0 Å². The molecule has 0 spiro atoms. The summed E-state index contributed by atoms with van der Waals surface area (Å²) < 4.78 is 2.13. The second kappa shape index (κ2) is 5.05. The van der Waals surface area contributed by atoms with Crippen molar-refractivity contribution in [2.45, 2.75) is 25.8 Å². The molecule has 5 nitrogen and oxygen atoms in total. The molecule has 0 N–H and O–H groups in total. The molecular formula is C15H23N5. The molecule has 1 fully saturated rings. The molecule has 0 radical (unpaired) electrons. The van der Waals surface area contributed by atoms with Gasteiger partial charge in [0, 0.05) is 32.4 Å². The summed E-state index contributed by atoms with van der Waals surface area (Å²) in [4.78, 5) is 14.0. The van der Waals surface area contributed by atoms with Crippen molar-refractivity contribution in [1.82, 2.24) is 19.4 Å². The highest BCUT2D eigenvalue weighted by atomic mass is 15.2. The number of piperidine rings is 1. The number of aryl methyl sites for hydroxylation is 2. The van der Waals surface area contributed by atoms with Crippen LogP contribution in [0.25, 0.3) is 11.0 Å². The van der Waals surface area contributed by atoms with E-state index in [2.05, 4.69) is 52.8 Å². The van der Waals surface area contributed by atoms with Crippen molar-refractivity contribution in [3.8, 4) is 0 Å². The van der Waals surface area contributed by atoms with Gasteiger partial charge in [-0.25, -0.2) is 9.97 Å². The predicted octanol–water partition coefficient (Wildman–Crippen LogP) is 1.81. The van der Waals surface area contributed by atoms with Gasteiger partial charge in [-0.05, 0) is 39.9 Å². The largest absolute Gasteiger partial charge is 0.355 e. The van der Waals surface area contributed by atoms with Gasteiger partial charge in [0.2, 0.25) is 0 Å². The first-order chi connectivity index (χ1) is 9.56. The number of rotatable bonds is 2. The molecule has 0 saturated carbocycles. The molecule has 3 rings (SSSR count). The van der Waals surface area contributed by atoms with E-state index in [0.29, 0.717) is 6.04 Å². The Kier molecular flexibility index (Phi) is 3.38. The standard InChI is InChI=1S/C15H23N5/c1-11-16-13-7-8-19(4)14(13)15(17-11)20-9-5-12(6-10-20)18(2)3/h7-8,12H,5-6,9-10H2,1-4H3. The van der Waals surface area contributed by atoms with Gasteiger partial charge < -0.3 is 14.4 Å². The lowest BCUT2D eigenvalue weighted by molar-refractivity contribution is 0.249. The number of fused-ring (bicyclic) bond motifs is 1. The van der Waals surface area contributed by atoms with E-state index in [1.165, 1.54) is 12.8 Å². The number of anilines is 1. The van der Waals surface area contributed by atoms with Crippen LogP contribution in [0.2, 0.25) is 0 Å². The minimum atomic E-state index is 0.693. The van der Waals surface area contributed by atoms with Gasteiger partial charge in [0.05, 0.1) is 5.52 Å². The van der Waals surface area contributed by atoms with Crippen molar-refractivity contribution in [3.05, 3.63) is 18.1 Å². The Morgan fingerprint density at radius 1 is 1.20 bits per heavy atom. The third-order valence-electron chi connectivity index (χ3n) is 4.31. The van der Waals surface area contributed by atoms with E-state index in [0.717, 1.165) is 35.8 Å². The van der Waals surface area contributed by atoms with Crippen LogP contribution in [-0.2, 0) is 7.05 Å². The predicted molar refractivity (Wildman–Crippen MR) is 82.2 cm³/mol. The van der Waals surface area contributed by atoms with Crippen LogP contribution >= 0.6 is 0 Å². The smallest absolute Gasteiger partial charge is 0.156 e. The maximum absolute atomic E-state index is 4.71. The third-order valence-corrected chi connectivity index (χ3v) is 4.31. The van der Waals surface area contributed by atoms with E-state index in [4.69, 9.17) is 4.98 Å². The fraction of sp³-hybridized carbons (Fsp3) is 0.600. The zero-order chi connectivity index (χ0) is 14.3. The van der Waals surface area contributed by atoms with E-state index >= 15 is 0 Å². The van der Waals surface area contributed by atoms with E-state index < -0.39 is 0 Å². The van der Waals surface area contributed by atoms with Crippen LogP contribution in [0.5, 0.6) is 0 Å². The van der Waals surface area contributed by atoms with E-state index in [1.807, 2.05) is 6.92 Å². The molecule has 20 heavy (non-hydrogen) atoms. The summed E-state index contributed by atoms with van der Waals surface area (Å²) >= 11 is 0. The van der Waals surface area contributed by atoms with Crippen LogP contribution in [0.1, 0.15) is 18.7 Å². The highest BCUT2D eigenvalue weighted by Gasteiger charge is 2.23. The van der Waals surface area contributed by atoms with Gasteiger partial charge in [-0.1, -0.05) is 0 Å². The van der Waals surface area contributed by atoms with Crippen molar-refractivity contribution < 1.29 is 0 Å². The zero-order valence-electron chi connectivity index (χ0n) is 12.8. The van der Waals surface area contributed by atoms with Gasteiger partial charge in [-0.2, -0.15) is 0 Å². The van der Waals surface area contributed by atoms with Gasteiger partial charge in [0.15, 0.2) is 5.82 Å². The number of nitrogens with zero attached hydrogens (tertiary/aromatic N) is 5. The van der Waals surface area contributed by atoms with Crippen LogP contribution in [0.3, 0.4) is 0 Å². The Hall–Kier alpha value is -1.62. The van der Waals surface area contributed by atoms with E-state index in [1.54, 1.807) is 0 Å². The Bertz CT molecular complexity index is 608. The fourth-order valence-electron chi connectivity index (χ4n) is 3.10. The number of hydrogen-bond acceptors (Lipinski definition) is 4. The highest BCUT2D eigenvalue weighted by Crippen LogP contribution is 2.27. The lowest BCUT2D eigenvalue weighted by Gasteiger charge is -2.36. The second-order valence-corrected chi connectivity index (χ2v) is 5.94. The molecule has 0 unspecified atom stereocenters. The molecule has 108 valence electrons. The van der Waals surface area contributed by atoms with Crippen LogP contribution < -0.4 is 4.90 Å². The van der Waals surface area contributed by atoms with Crippen molar-refractivity contribution in [1.29, 1.82) is 0 Å². The van der Waals surface area contributed by atoms with Crippen LogP contribution in [-0.4, -0.2) is 52.7 Å². The summed E-state index contributed by atoms with van der Waals surface area (Å²) in [5.41, 5.74) is 2.20. The zero-order valence-corrected chi connectivity index (χ0v) is 12.8. The monoisotopic (exact) mass is 273 g/mol. The number of hydrogen-bond donors (Lipinski definition) is 0. The maximum atomic E-state index is 4.71. The molecule has 3 heterocycles. The molecule has 1 aliphatic rings. The van der Waals surface area contributed by atoms with Crippen molar-refractivity contribution in [2.75, 3.05) is 32.1 Å². The second-order valence-electron chi connectivity index (χ2n) is 5.94. The van der Waals surface area contributed by atoms with E-state index in [-0.39, 0.29) is 0 Å². The lowest BCUT2D eigenvalue weighted by Crippen LogP contribution is -2.42. The maximum Gasteiger partial charge on any atom is 0.156 e. The Labute approximate surface area is 120 Å². The van der Waals surface area contributed by atoms with E-state index in [9.17, 15) is 0 Å². The van der Waals surface area contributed by atoms with Gasteiger partial charge in [0.25, 0.3) is 0 Å². The Morgan fingerprint density at radius 2 is 1.90 bits per heavy atom. The molecule has 0 bridgehead atoms. The van der Waals surface area contributed by atoms with Crippen LogP contribution in [0, 0.1) is 6.92 Å². The first-order valence-electron chi connectivity index (χ1n) is 7.27. The van der Waals surface area contributed by atoms with Crippen LogP contribution in [0.4, 0.5) is 5.82 Å². The molecule has 0 aliphatic carbocycles. The van der Waals surface area contributed by atoms with Crippen molar-refractivity contribution >= 4 is 16.9 Å². The van der Waals surface area contributed by atoms with Crippen molar-refractivity contribution in [3.63, 3.8) is 0 Å². The molecule has 5 heteroatoms.